The normalized spacial score (nSPS) is 17.7. The molecule has 0 aromatic heterocycles. The number of benzene rings is 1. The molecule has 0 radical (unpaired) electrons. The summed E-state index contributed by atoms with van der Waals surface area (Å²) in [6, 6.07) is 8.69. The molecule has 3 heteroatoms. The van der Waals surface area contributed by atoms with Gasteiger partial charge in [-0.3, -0.25) is 9.69 Å². The zero-order chi connectivity index (χ0) is 11.4. The molecule has 1 aromatic rings. The van der Waals surface area contributed by atoms with Crippen LogP contribution in [0.5, 0.6) is 0 Å². The smallest absolute Gasteiger partial charge is 0.135 e. The van der Waals surface area contributed by atoms with E-state index in [9.17, 15) is 4.79 Å². The average molecular weight is 235 g/mol. The monoisotopic (exact) mass is 235 g/mol. The van der Waals surface area contributed by atoms with E-state index in [4.69, 9.17) is 0 Å². The largest absolute Gasteiger partial charge is 0.300 e. The number of ketones is 1. The average Bonchev–Trinajstić information content (AvgIpc) is 2.33. The molecule has 0 N–H and O–H groups in total. The van der Waals surface area contributed by atoms with Crippen molar-refractivity contribution in [3.8, 4) is 0 Å². The summed E-state index contributed by atoms with van der Waals surface area (Å²) >= 11 is 1.77. The van der Waals surface area contributed by atoms with Crippen molar-refractivity contribution in [3.05, 3.63) is 29.8 Å². The van der Waals surface area contributed by atoms with Gasteiger partial charge < -0.3 is 0 Å². The Bertz CT molecular complexity index is 351. The lowest BCUT2D eigenvalue weighted by atomic mass is 10.1. The van der Waals surface area contributed by atoms with Gasteiger partial charge in [0.25, 0.3) is 0 Å². The standard InChI is InChI=1S/C13H17NOS/c1-16-13-4-2-11(3-5-13)10-14-8-6-12(15)7-9-14/h2-5H,6-10H2,1H3. The van der Waals surface area contributed by atoms with E-state index in [-0.39, 0.29) is 0 Å². The molecule has 0 spiro atoms. The molecule has 16 heavy (non-hydrogen) atoms. The SMILES string of the molecule is CSc1ccc(CN2CCC(=O)CC2)cc1. The molecule has 0 amide bonds. The molecule has 0 aliphatic carbocycles. The molecular weight excluding hydrogens is 218 g/mol. The van der Waals surface area contributed by atoms with E-state index in [0.717, 1.165) is 32.5 Å². The van der Waals surface area contributed by atoms with Crippen LogP contribution in [0.15, 0.2) is 29.2 Å². The lowest BCUT2D eigenvalue weighted by Crippen LogP contribution is -2.33. The maximum atomic E-state index is 11.1. The first-order valence-corrected chi connectivity index (χ1v) is 6.87. The highest BCUT2D eigenvalue weighted by molar-refractivity contribution is 7.98. The number of Topliss-reactive ketones (excluding diaryl/α,β-unsaturated/α-hetero) is 1. The van der Waals surface area contributed by atoms with Gasteiger partial charge in [-0.05, 0) is 24.0 Å². The molecule has 86 valence electrons. The molecule has 1 saturated heterocycles. The van der Waals surface area contributed by atoms with Gasteiger partial charge in [0.2, 0.25) is 0 Å². The zero-order valence-corrected chi connectivity index (χ0v) is 10.4. The summed E-state index contributed by atoms with van der Waals surface area (Å²) in [5.74, 6) is 0.411. The summed E-state index contributed by atoms with van der Waals surface area (Å²) in [6.07, 6.45) is 3.54. The van der Waals surface area contributed by atoms with Crippen molar-refractivity contribution >= 4 is 17.5 Å². The highest BCUT2D eigenvalue weighted by Crippen LogP contribution is 2.17. The van der Waals surface area contributed by atoms with Crippen LogP contribution in [0.2, 0.25) is 0 Å². The Morgan fingerprint density at radius 1 is 1.19 bits per heavy atom. The van der Waals surface area contributed by atoms with Crippen molar-refractivity contribution < 1.29 is 4.79 Å². The number of nitrogens with zero attached hydrogens (tertiary/aromatic N) is 1. The van der Waals surface area contributed by atoms with Crippen molar-refractivity contribution in [2.24, 2.45) is 0 Å². The van der Waals surface area contributed by atoms with E-state index in [0.29, 0.717) is 5.78 Å². The second-order valence-corrected chi connectivity index (χ2v) is 5.04. The van der Waals surface area contributed by atoms with E-state index in [1.165, 1.54) is 10.5 Å². The van der Waals surface area contributed by atoms with Gasteiger partial charge in [-0.15, -0.1) is 11.8 Å². The summed E-state index contributed by atoms with van der Waals surface area (Å²) in [6.45, 7) is 2.81. The highest BCUT2D eigenvalue weighted by Gasteiger charge is 2.15. The van der Waals surface area contributed by atoms with Gasteiger partial charge in [0.15, 0.2) is 0 Å². The lowest BCUT2D eigenvalue weighted by Gasteiger charge is -2.25. The van der Waals surface area contributed by atoms with Crippen LogP contribution in [0.25, 0.3) is 0 Å². The minimum atomic E-state index is 0.411. The lowest BCUT2D eigenvalue weighted by molar-refractivity contribution is -0.121. The molecule has 1 fully saturated rings. The third-order valence-corrected chi connectivity index (χ3v) is 3.72. The molecule has 0 atom stereocenters. The summed E-state index contributed by atoms with van der Waals surface area (Å²) in [5, 5.41) is 0. The van der Waals surface area contributed by atoms with Crippen LogP contribution in [0, 0.1) is 0 Å². The van der Waals surface area contributed by atoms with Crippen molar-refractivity contribution in [2.45, 2.75) is 24.3 Å². The molecule has 2 rings (SSSR count). The Balaban J connectivity index is 1.90. The Labute approximate surface area is 101 Å². The molecule has 1 aliphatic rings. The van der Waals surface area contributed by atoms with E-state index >= 15 is 0 Å². The molecule has 1 aliphatic heterocycles. The number of likely N-dealkylation sites (tertiary alicyclic amines) is 1. The van der Waals surface area contributed by atoms with Gasteiger partial charge in [0.1, 0.15) is 5.78 Å². The maximum absolute atomic E-state index is 11.1. The molecule has 1 heterocycles. The Morgan fingerprint density at radius 2 is 1.81 bits per heavy atom. The van der Waals surface area contributed by atoms with Gasteiger partial charge in [0, 0.05) is 37.4 Å². The van der Waals surface area contributed by atoms with Gasteiger partial charge in [-0.25, -0.2) is 0 Å². The first kappa shape index (κ1) is 11.7. The topological polar surface area (TPSA) is 20.3 Å². The minimum absolute atomic E-state index is 0.411. The molecule has 0 saturated carbocycles. The quantitative estimate of drug-likeness (QED) is 0.751. The van der Waals surface area contributed by atoms with Crippen molar-refractivity contribution in [2.75, 3.05) is 19.3 Å². The van der Waals surface area contributed by atoms with Gasteiger partial charge in [-0.2, -0.15) is 0 Å². The third kappa shape index (κ3) is 3.09. The first-order chi connectivity index (χ1) is 7.78. The summed E-state index contributed by atoms with van der Waals surface area (Å²) in [7, 11) is 0. The summed E-state index contributed by atoms with van der Waals surface area (Å²) in [5.41, 5.74) is 1.34. The number of carbonyl (C=O) groups is 1. The second kappa shape index (κ2) is 5.51. The molecule has 2 nitrogen and oxygen atoms in total. The molecule has 0 unspecified atom stereocenters. The number of hydrogen-bond donors (Lipinski definition) is 0. The van der Waals surface area contributed by atoms with Crippen LogP contribution in [0.1, 0.15) is 18.4 Å². The second-order valence-electron chi connectivity index (χ2n) is 4.16. The van der Waals surface area contributed by atoms with Crippen LogP contribution in [0.4, 0.5) is 0 Å². The number of piperidine rings is 1. The molecule has 0 bridgehead atoms. The zero-order valence-electron chi connectivity index (χ0n) is 9.61. The number of carbonyl (C=O) groups excluding carboxylic acids is 1. The Hall–Kier alpha value is -0.800. The fourth-order valence-electron chi connectivity index (χ4n) is 1.95. The first-order valence-electron chi connectivity index (χ1n) is 5.65. The van der Waals surface area contributed by atoms with Crippen LogP contribution in [0.3, 0.4) is 0 Å². The van der Waals surface area contributed by atoms with E-state index in [2.05, 4.69) is 35.4 Å². The van der Waals surface area contributed by atoms with E-state index in [1.54, 1.807) is 11.8 Å². The van der Waals surface area contributed by atoms with Crippen LogP contribution < -0.4 is 0 Å². The molecule has 1 aromatic carbocycles. The highest BCUT2D eigenvalue weighted by atomic mass is 32.2. The van der Waals surface area contributed by atoms with Crippen molar-refractivity contribution in [1.82, 2.24) is 4.90 Å². The minimum Gasteiger partial charge on any atom is -0.300 e. The number of thioether (sulfide) groups is 1. The fourth-order valence-corrected chi connectivity index (χ4v) is 2.36. The van der Waals surface area contributed by atoms with Crippen molar-refractivity contribution in [1.29, 1.82) is 0 Å². The number of rotatable bonds is 3. The van der Waals surface area contributed by atoms with Crippen LogP contribution in [-0.4, -0.2) is 30.0 Å². The van der Waals surface area contributed by atoms with Crippen molar-refractivity contribution in [3.63, 3.8) is 0 Å². The van der Waals surface area contributed by atoms with Crippen LogP contribution in [-0.2, 0) is 11.3 Å². The van der Waals surface area contributed by atoms with Gasteiger partial charge in [-0.1, -0.05) is 12.1 Å². The van der Waals surface area contributed by atoms with Gasteiger partial charge >= 0.3 is 0 Å². The number of hydrogen-bond acceptors (Lipinski definition) is 3. The predicted molar refractivity (Wildman–Crippen MR) is 67.7 cm³/mol. The Morgan fingerprint density at radius 3 is 2.38 bits per heavy atom. The fraction of sp³-hybridized carbons (Fsp3) is 0.462. The third-order valence-electron chi connectivity index (χ3n) is 2.98. The van der Waals surface area contributed by atoms with Gasteiger partial charge in [0.05, 0.1) is 0 Å². The van der Waals surface area contributed by atoms with Crippen LogP contribution >= 0.6 is 11.8 Å². The maximum Gasteiger partial charge on any atom is 0.135 e. The van der Waals surface area contributed by atoms with E-state index in [1.807, 2.05) is 0 Å². The Kier molecular flexibility index (Phi) is 4.02. The van der Waals surface area contributed by atoms with E-state index < -0.39 is 0 Å². The predicted octanol–water partition coefficient (Wildman–Crippen LogP) is 2.57. The summed E-state index contributed by atoms with van der Waals surface area (Å²) < 4.78 is 0. The molecular formula is C13H17NOS. The summed E-state index contributed by atoms with van der Waals surface area (Å²) in [4.78, 5) is 14.8.